The highest BCUT2D eigenvalue weighted by Crippen LogP contribution is 2.22. The lowest BCUT2D eigenvalue weighted by atomic mass is 10.2. The zero-order chi connectivity index (χ0) is 18.1. The standard InChI is InChI=1S/C19H16ClN5O/c1-12-16(17(20)25(24-12)11-13-7-3-2-4-8-13)18(26)23-19-21-14-9-5-6-10-15(14)22-19/h2-10H,11H2,1H3,(H2,21,22,23,26). The van der Waals surface area contributed by atoms with Gasteiger partial charge in [0.05, 0.1) is 28.8 Å². The van der Waals surface area contributed by atoms with E-state index in [1.807, 2.05) is 54.6 Å². The van der Waals surface area contributed by atoms with Crippen molar-refractivity contribution in [3.05, 3.63) is 76.6 Å². The van der Waals surface area contributed by atoms with Crippen LogP contribution in [-0.2, 0) is 6.54 Å². The summed E-state index contributed by atoms with van der Waals surface area (Å²) in [4.78, 5) is 20.1. The Bertz CT molecular complexity index is 1050. The van der Waals surface area contributed by atoms with Gasteiger partial charge in [0.25, 0.3) is 5.91 Å². The summed E-state index contributed by atoms with van der Waals surface area (Å²) in [5, 5.41) is 7.47. The number of halogens is 1. The third-order valence-electron chi connectivity index (χ3n) is 4.09. The Morgan fingerprint density at radius 2 is 1.88 bits per heavy atom. The fourth-order valence-corrected chi connectivity index (χ4v) is 3.17. The van der Waals surface area contributed by atoms with Gasteiger partial charge in [0.2, 0.25) is 5.95 Å². The summed E-state index contributed by atoms with van der Waals surface area (Å²) in [7, 11) is 0. The molecule has 0 spiro atoms. The Labute approximate surface area is 154 Å². The van der Waals surface area contributed by atoms with Crippen LogP contribution in [0.15, 0.2) is 54.6 Å². The van der Waals surface area contributed by atoms with E-state index in [0.29, 0.717) is 28.9 Å². The second kappa shape index (κ2) is 6.65. The van der Waals surface area contributed by atoms with Gasteiger partial charge in [-0.2, -0.15) is 5.10 Å². The molecular weight excluding hydrogens is 350 g/mol. The second-order valence-electron chi connectivity index (χ2n) is 5.95. The van der Waals surface area contributed by atoms with Crippen LogP contribution >= 0.6 is 11.6 Å². The van der Waals surface area contributed by atoms with E-state index in [-0.39, 0.29) is 5.91 Å². The molecule has 2 N–H and O–H groups in total. The number of aromatic amines is 1. The average molecular weight is 366 g/mol. The second-order valence-corrected chi connectivity index (χ2v) is 6.31. The minimum absolute atomic E-state index is 0.306. The number of anilines is 1. The van der Waals surface area contributed by atoms with Gasteiger partial charge < -0.3 is 4.98 Å². The van der Waals surface area contributed by atoms with Gasteiger partial charge >= 0.3 is 0 Å². The molecule has 2 aromatic carbocycles. The van der Waals surface area contributed by atoms with E-state index in [4.69, 9.17) is 11.6 Å². The lowest BCUT2D eigenvalue weighted by molar-refractivity contribution is 0.102. The summed E-state index contributed by atoms with van der Waals surface area (Å²) in [5.41, 5.74) is 3.61. The van der Waals surface area contributed by atoms with Crippen LogP contribution in [0.4, 0.5) is 5.95 Å². The molecule has 4 aromatic rings. The van der Waals surface area contributed by atoms with Crippen LogP contribution in [0.1, 0.15) is 21.6 Å². The van der Waals surface area contributed by atoms with Crippen LogP contribution in [0.5, 0.6) is 0 Å². The maximum absolute atomic E-state index is 12.7. The highest BCUT2D eigenvalue weighted by Gasteiger charge is 2.21. The first-order valence-corrected chi connectivity index (χ1v) is 8.52. The van der Waals surface area contributed by atoms with E-state index in [9.17, 15) is 4.79 Å². The molecule has 0 saturated heterocycles. The Morgan fingerprint density at radius 1 is 1.15 bits per heavy atom. The third kappa shape index (κ3) is 3.07. The number of imidazole rings is 1. The minimum atomic E-state index is -0.342. The van der Waals surface area contributed by atoms with Crippen LogP contribution < -0.4 is 5.32 Å². The summed E-state index contributed by atoms with van der Waals surface area (Å²) in [6, 6.07) is 17.4. The molecule has 0 atom stereocenters. The number of carbonyl (C=O) groups is 1. The molecule has 2 heterocycles. The lowest BCUT2D eigenvalue weighted by Crippen LogP contribution is -2.14. The van der Waals surface area contributed by atoms with Gasteiger partial charge in [-0.25, -0.2) is 9.67 Å². The van der Waals surface area contributed by atoms with Crippen LogP contribution in [0.2, 0.25) is 5.15 Å². The molecule has 7 heteroatoms. The number of aryl methyl sites for hydroxylation is 1. The number of para-hydroxylation sites is 2. The topological polar surface area (TPSA) is 75.6 Å². The molecule has 26 heavy (non-hydrogen) atoms. The number of amides is 1. The van der Waals surface area contributed by atoms with Crippen molar-refractivity contribution in [2.24, 2.45) is 0 Å². The van der Waals surface area contributed by atoms with E-state index < -0.39 is 0 Å². The SMILES string of the molecule is Cc1nn(Cc2ccccc2)c(Cl)c1C(=O)Nc1nc2ccccc2[nH]1. The molecule has 0 unspecified atom stereocenters. The number of hydrogen-bond donors (Lipinski definition) is 2. The number of carbonyl (C=O) groups excluding carboxylic acids is 1. The zero-order valence-electron chi connectivity index (χ0n) is 14.0. The monoisotopic (exact) mass is 365 g/mol. The first-order chi connectivity index (χ1) is 12.6. The van der Waals surface area contributed by atoms with E-state index >= 15 is 0 Å². The third-order valence-corrected chi connectivity index (χ3v) is 4.47. The van der Waals surface area contributed by atoms with E-state index in [1.165, 1.54) is 0 Å². The number of aromatic nitrogens is 4. The zero-order valence-corrected chi connectivity index (χ0v) is 14.8. The van der Waals surface area contributed by atoms with E-state index in [0.717, 1.165) is 16.6 Å². The number of H-pyrrole nitrogens is 1. The molecule has 0 saturated carbocycles. The smallest absolute Gasteiger partial charge is 0.263 e. The van der Waals surface area contributed by atoms with Gasteiger partial charge in [0.1, 0.15) is 5.15 Å². The maximum Gasteiger partial charge on any atom is 0.263 e. The minimum Gasteiger partial charge on any atom is -0.324 e. The van der Waals surface area contributed by atoms with Crippen molar-refractivity contribution in [1.29, 1.82) is 0 Å². The number of benzene rings is 2. The van der Waals surface area contributed by atoms with Crippen LogP contribution in [0.3, 0.4) is 0 Å². The Hall–Kier alpha value is -3.12. The van der Waals surface area contributed by atoms with Crippen molar-refractivity contribution < 1.29 is 4.79 Å². The molecule has 0 aliphatic rings. The Morgan fingerprint density at radius 3 is 2.65 bits per heavy atom. The van der Waals surface area contributed by atoms with Gasteiger partial charge in [-0.05, 0) is 24.6 Å². The van der Waals surface area contributed by atoms with Crippen LogP contribution in [-0.4, -0.2) is 25.7 Å². The van der Waals surface area contributed by atoms with Gasteiger partial charge in [-0.15, -0.1) is 0 Å². The number of fused-ring (bicyclic) bond motifs is 1. The van der Waals surface area contributed by atoms with Gasteiger partial charge in [0.15, 0.2) is 0 Å². The normalized spacial score (nSPS) is 11.0. The lowest BCUT2D eigenvalue weighted by Gasteiger charge is -2.04. The largest absolute Gasteiger partial charge is 0.324 e. The summed E-state index contributed by atoms with van der Waals surface area (Å²) in [5.74, 6) is 0.0355. The number of nitrogens with zero attached hydrogens (tertiary/aromatic N) is 3. The van der Waals surface area contributed by atoms with Crippen molar-refractivity contribution in [3.8, 4) is 0 Å². The molecule has 0 bridgehead atoms. The highest BCUT2D eigenvalue weighted by molar-refractivity contribution is 6.33. The fourth-order valence-electron chi connectivity index (χ4n) is 2.85. The molecule has 0 fully saturated rings. The van der Waals surface area contributed by atoms with Crippen molar-refractivity contribution in [2.75, 3.05) is 5.32 Å². The van der Waals surface area contributed by atoms with E-state index in [2.05, 4.69) is 20.4 Å². The molecule has 0 aliphatic heterocycles. The molecule has 0 radical (unpaired) electrons. The van der Waals surface area contributed by atoms with Crippen molar-refractivity contribution in [2.45, 2.75) is 13.5 Å². The summed E-state index contributed by atoms with van der Waals surface area (Å²) < 4.78 is 1.62. The first-order valence-electron chi connectivity index (χ1n) is 8.15. The van der Waals surface area contributed by atoms with Crippen LogP contribution in [0.25, 0.3) is 11.0 Å². The number of hydrogen-bond acceptors (Lipinski definition) is 3. The predicted molar refractivity (Wildman–Crippen MR) is 102 cm³/mol. The quantitative estimate of drug-likeness (QED) is 0.573. The fraction of sp³-hybridized carbons (Fsp3) is 0.105. The Kier molecular flexibility index (Phi) is 4.18. The molecule has 6 nitrogen and oxygen atoms in total. The predicted octanol–water partition coefficient (Wildman–Crippen LogP) is 4.02. The summed E-state index contributed by atoms with van der Waals surface area (Å²) in [6.07, 6.45) is 0. The van der Waals surface area contributed by atoms with Gasteiger partial charge in [0, 0.05) is 0 Å². The number of nitrogens with one attached hydrogen (secondary N) is 2. The molecule has 1 amide bonds. The summed E-state index contributed by atoms with van der Waals surface area (Å²) in [6.45, 7) is 2.26. The van der Waals surface area contributed by atoms with Crippen molar-refractivity contribution >= 4 is 34.5 Å². The highest BCUT2D eigenvalue weighted by atomic mass is 35.5. The molecule has 0 aliphatic carbocycles. The van der Waals surface area contributed by atoms with Crippen molar-refractivity contribution in [3.63, 3.8) is 0 Å². The molecule has 4 rings (SSSR count). The van der Waals surface area contributed by atoms with Crippen LogP contribution in [0, 0.1) is 6.92 Å². The van der Waals surface area contributed by atoms with Gasteiger partial charge in [-0.1, -0.05) is 54.1 Å². The Balaban J connectivity index is 1.59. The number of rotatable bonds is 4. The van der Waals surface area contributed by atoms with Gasteiger partial charge in [-0.3, -0.25) is 10.1 Å². The van der Waals surface area contributed by atoms with E-state index in [1.54, 1.807) is 11.6 Å². The van der Waals surface area contributed by atoms with Crippen molar-refractivity contribution in [1.82, 2.24) is 19.7 Å². The maximum atomic E-state index is 12.7. The molecule has 130 valence electrons. The molecular formula is C19H16ClN5O. The summed E-state index contributed by atoms with van der Waals surface area (Å²) >= 11 is 6.43. The average Bonchev–Trinajstić information content (AvgIpc) is 3.15. The molecule has 2 aromatic heterocycles. The first kappa shape index (κ1) is 16.4.